The van der Waals surface area contributed by atoms with Crippen LogP contribution in [0.25, 0.3) is 5.82 Å². The number of benzene rings is 2. The minimum Gasteiger partial charge on any atom is -0.369 e. The highest BCUT2D eigenvalue weighted by Gasteiger charge is 2.33. The Balaban J connectivity index is 1.21. The fraction of sp³-hybridized carbons (Fsp3) is 0.394. The molecule has 0 unspecified atom stereocenters. The quantitative estimate of drug-likeness (QED) is 0.247. The molecule has 2 fully saturated rings. The van der Waals surface area contributed by atoms with Gasteiger partial charge in [0.05, 0.1) is 11.3 Å². The van der Waals surface area contributed by atoms with E-state index < -0.39 is 17.6 Å². The Morgan fingerprint density at radius 2 is 1.54 bits per heavy atom. The summed E-state index contributed by atoms with van der Waals surface area (Å²) in [6.45, 7) is 10.0. The lowest BCUT2D eigenvalue weighted by molar-refractivity contribution is -0.137. The molecule has 2 aromatic carbocycles. The maximum Gasteiger partial charge on any atom is 0.416 e. The number of anilines is 5. The molecule has 0 spiro atoms. The van der Waals surface area contributed by atoms with Crippen LogP contribution in [-0.2, 0) is 6.18 Å². The summed E-state index contributed by atoms with van der Waals surface area (Å²) in [7, 11) is 4.07. The highest BCUT2D eigenvalue weighted by molar-refractivity contribution is 6.05. The molecular formula is C33H40F3N11O. The van der Waals surface area contributed by atoms with Gasteiger partial charge in [-0.15, -0.1) is 0 Å². The molecule has 4 heterocycles. The van der Waals surface area contributed by atoms with Gasteiger partial charge in [0.15, 0.2) is 5.82 Å². The van der Waals surface area contributed by atoms with Crippen LogP contribution in [0.2, 0.25) is 0 Å². The first-order valence-electron chi connectivity index (χ1n) is 15.9. The summed E-state index contributed by atoms with van der Waals surface area (Å²) in [5.41, 5.74) is 5.57. The molecule has 2 aliphatic heterocycles. The number of likely N-dealkylation sites (N-methyl/N-ethyl adjacent to an activating group) is 2. The van der Waals surface area contributed by atoms with Crippen LogP contribution in [0, 0.1) is 13.8 Å². The largest absolute Gasteiger partial charge is 0.416 e. The molecule has 6 rings (SSSR count). The van der Waals surface area contributed by atoms with Crippen molar-refractivity contribution in [2.24, 2.45) is 0 Å². The molecule has 2 saturated heterocycles. The second-order valence-electron chi connectivity index (χ2n) is 12.4. The van der Waals surface area contributed by atoms with E-state index in [9.17, 15) is 18.0 Å². The first-order chi connectivity index (χ1) is 22.9. The van der Waals surface area contributed by atoms with Crippen molar-refractivity contribution < 1.29 is 18.0 Å². The highest BCUT2D eigenvalue weighted by atomic mass is 19.4. The predicted octanol–water partition coefficient (Wildman–Crippen LogP) is 4.62. The summed E-state index contributed by atoms with van der Waals surface area (Å²) in [6.07, 6.45) is -3.11. The summed E-state index contributed by atoms with van der Waals surface area (Å²) in [6, 6.07) is 12.5. The standard InChI is InChI=1S/C33H40F3N11O/c1-22-5-6-26(39-32(48)24-16-25(33(34,35)36)18-27(17-24)45-11-7-43(3)8-12-45)19-28(22)40-31-15-23(2)41-47(31)30-20-29(37-21-38-30)42-46-13-9-44(4)10-14-46/h5-6,15-21,40H,7-14H2,1-4H3,(H,39,48)(H,37,38,42). The van der Waals surface area contributed by atoms with Crippen molar-refractivity contribution in [1.29, 1.82) is 0 Å². The number of carbonyl (C=O) groups excluding carboxylic acids is 1. The van der Waals surface area contributed by atoms with Crippen LogP contribution in [0.1, 0.15) is 27.2 Å². The van der Waals surface area contributed by atoms with E-state index in [0.29, 0.717) is 47.6 Å². The molecule has 0 saturated carbocycles. The Hall–Kier alpha value is -4.73. The fourth-order valence-corrected chi connectivity index (χ4v) is 5.70. The van der Waals surface area contributed by atoms with Crippen molar-refractivity contribution in [3.05, 3.63) is 77.2 Å². The van der Waals surface area contributed by atoms with Gasteiger partial charge in [-0.25, -0.2) is 15.0 Å². The van der Waals surface area contributed by atoms with Crippen molar-refractivity contribution in [2.75, 3.05) is 87.4 Å². The van der Waals surface area contributed by atoms with E-state index in [1.54, 1.807) is 16.8 Å². The SMILES string of the molecule is Cc1cc(Nc2cc(NC(=O)c3cc(N4CCN(C)CC4)cc(C(F)(F)F)c3)ccc2C)n(-c2cc(NN3CCN(C)CC3)ncn2)n1. The van der Waals surface area contributed by atoms with E-state index in [2.05, 4.69) is 53.0 Å². The average molecular weight is 664 g/mol. The molecule has 254 valence electrons. The molecule has 2 aromatic heterocycles. The van der Waals surface area contributed by atoms with Crippen LogP contribution in [0.5, 0.6) is 0 Å². The number of hydrogen-bond donors (Lipinski definition) is 3. The molecule has 15 heteroatoms. The lowest BCUT2D eigenvalue weighted by atomic mass is 10.1. The zero-order valence-corrected chi connectivity index (χ0v) is 27.5. The Morgan fingerprint density at radius 1 is 0.833 bits per heavy atom. The second-order valence-corrected chi connectivity index (χ2v) is 12.4. The molecule has 4 aromatic rings. The molecule has 3 N–H and O–H groups in total. The molecule has 48 heavy (non-hydrogen) atoms. The summed E-state index contributed by atoms with van der Waals surface area (Å²) in [4.78, 5) is 28.5. The van der Waals surface area contributed by atoms with Gasteiger partial charge in [-0.3, -0.25) is 4.79 Å². The summed E-state index contributed by atoms with van der Waals surface area (Å²) >= 11 is 0. The van der Waals surface area contributed by atoms with Crippen LogP contribution >= 0.6 is 0 Å². The lowest BCUT2D eigenvalue weighted by Crippen LogP contribution is -2.47. The molecular weight excluding hydrogens is 623 g/mol. The average Bonchev–Trinajstić information content (AvgIpc) is 3.43. The molecule has 12 nitrogen and oxygen atoms in total. The van der Waals surface area contributed by atoms with Crippen molar-refractivity contribution in [3.63, 3.8) is 0 Å². The van der Waals surface area contributed by atoms with E-state index in [1.165, 1.54) is 12.4 Å². The van der Waals surface area contributed by atoms with Gasteiger partial charge in [-0.1, -0.05) is 6.07 Å². The summed E-state index contributed by atoms with van der Waals surface area (Å²) in [5, 5.41) is 13.0. The number of alkyl halides is 3. The Bertz CT molecular complexity index is 1760. The third kappa shape index (κ3) is 7.86. The van der Waals surface area contributed by atoms with Crippen molar-refractivity contribution in [1.82, 2.24) is 34.6 Å². The number of nitrogens with one attached hydrogen (secondary N) is 3. The first kappa shape index (κ1) is 33.2. The van der Waals surface area contributed by atoms with Gasteiger partial charge in [-0.2, -0.15) is 23.0 Å². The predicted molar refractivity (Wildman–Crippen MR) is 180 cm³/mol. The van der Waals surface area contributed by atoms with Gasteiger partial charge in [-0.05, 0) is 63.8 Å². The number of carbonyl (C=O) groups is 1. The number of piperazine rings is 2. The van der Waals surface area contributed by atoms with Gasteiger partial charge < -0.3 is 30.8 Å². The van der Waals surface area contributed by atoms with Crippen molar-refractivity contribution in [2.45, 2.75) is 20.0 Å². The number of halogens is 3. The van der Waals surface area contributed by atoms with Crippen LogP contribution in [0.4, 0.5) is 41.9 Å². The number of amides is 1. The maximum atomic E-state index is 13.9. The normalized spacial score (nSPS) is 16.6. The van der Waals surface area contributed by atoms with Crippen LogP contribution in [0.3, 0.4) is 0 Å². The monoisotopic (exact) mass is 663 g/mol. The van der Waals surface area contributed by atoms with E-state index in [-0.39, 0.29) is 5.56 Å². The minimum atomic E-state index is -4.59. The van der Waals surface area contributed by atoms with Crippen LogP contribution in [0.15, 0.2) is 54.9 Å². The Kier molecular flexibility index (Phi) is 9.53. The second kappa shape index (κ2) is 13.8. The van der Waals surface area contributed by atoms with E-state index in [1.807, 2.05) is 44.0 Å². The van der Waals surface area contributed by atoms with E-state index in [4.69, 9.17) is 0 Å². The molecule has 1 amide bonds. The number of rotatable bonds is 8. The molecule has 0 radical (unpaired) electrons. The minimum absolute atomic E-state index is 0.0627. The van der Waals surface area contributed by atoms with Gasteiger partial charge in [0.1, 0.15) is 18.0 Å². The molecule has 0 aliphatic carbocycles. The first-order valence-corrected chi connectivity index (χ1v) is 15.9. The van der Waals surface area contributed by atoms with Crippen LogP contribution < -0.4 is 21.0 Å². The number of hydrazine groups is 1. The third-order valence-electron chi connectivity index (χ3n) is 8.61. The van der Waals surface area contributed by atoms with Gasteiger partial charge >= 0.3 is 6.18 Å². The van der Waals surface area contributed by atoms with Gasteiger partial charge in [0, 0.05) is 87.1 Å². The highest BCUT2D eigenvalue weighted by Crippen LogP contribution is 2.34. The van der Waals surface area contributed by atoms with Gasteiger partial charge in [0.2, 0.25) is 0 Å². The molecule has 2 aliphatic rings. The Morgan fingerprint density at radius 3 is 2.25 bits per heavy atom. The van der Waals surface area contributed by atoms with E-state index in [0.717, 1.165) is 62.7 Å². The van der Waals surface area contributed by atoms with Gasteiger partial charge in [0.25, 0.3) is 5.91 Å². The number of aryl methyl sites for hydroxylation is 2. The topological polar surface area (TPSA) is 110 Å². The molecule has 0 bridgehead atoms. The number of aromatic nitrogens is 4. The van der Waals surface area contributed by atoms with Crippen molar-refractivity contribution in [3.8, 4) is 5.82 Å². The summed E-state index contributed by atoms with van der Waals surface area (Å²) in [5.74, 6) is 1.21. The number of nitrogens with zero attached hydrogens (tertiary/aromatic N) is 8. The smallest absolute Gasteiger partial charge is 0.369 e. The maximum absolute atomic E-state index is 13.9. The zero-order chi connectivity index (χ0) is 34.0. The van der Waals surface area contributed by atoms with Crippen molar-refractivity contribution >= 4 is 34.6 Å². The van der Waals surface area contributed by atoms with Crippen LogP contribution in [-0.4, -0.2) is 107 Å². The Labute approximate surface area is 277 Å². The third-order valence-corrected chi connectivity index (χ3v) is 8.61. The van der Waals surface area contributed by atoms with E-state index >= 15 is 0 Å². The fourth-order valence-electron chi connectivity index (χ4n) is 5.70. The zero-order valence-electron chi connectivity index (χ0n) is 27.5. The molecule has 0 atom stereocenters. The summed E-state index contributed by atoms with van der Waals surface area (Å²) < 4.78 is 43.3. The number of hydrogen-bond acceptors (Lipinski definition) is 10. The lowest BCUT2D eigenvalue weighted by Gasteiger charge is -2.34.